The summed E-state index contributed by atoms with van der Waals surface area (Å²) in [6.45, 7) is 10.0. The molecule has 37 heavy (non-hydrogen) atoms. The standard InChI is InChI=1S/C9H11NO2.C8H9NO2.C6H12O2.C4H8O2/c1-2-12-9(11)7-5-3-4-6-8(7)10;1-11-8(10)6-4-2-3-5-7(6)9;1-3-5-6(7)8-4-2;1-3-6-4(2)5/h3-6H,2,10H2,1H3;2-5H,9H2,1H3;3-5H2,1-2H3;3H2,1-2H3. The number of methoxy groups -OCH3 is 1. The van der Waals surface area contributed by atoms with Crippen molar-refractivity contribution in [3.63, 3.8) is 0 Å². The maximum absolute atomic E-state index is 11.2. The van der Waals surface area contributed by atoms with Gasteiger partial charge in [-0.3, -0.25) is 9.59 Å². The number of nitrogen functional groups attached to an aromatic ring is 2. The van der Waals surface area contributed by atoms with Crippen molar-refractivity contribution in [3.05, 3.63) is 59.7 Å². The minimum atomic E-state index is -0.400. The lowest BCUT2D eigenvalue weighted by atomic mass is 10.2. The summed E-state index contributed by atoms with van der Waals surface area (Å²) in [5, 5.41) is 0. The zero-order chi connectivity index (χ0) is 28.6. The van der Waals surface area contributed by atoms with Crippen molar-refractivity contribution < 1.29 is 38.1 Å². The van der Waals surface area contributed by atoms with Gasteiger partial charge in [-0.15, -0.1) is 0 Å². The Morgan fingerprint density at radius 3 is 1.43 bits per heavy atom. The first-order valence-electron chi connectivity index (χ1n) is 11.8. The van der Waals surface area contributed by atoms with Crippen LogP contribution in [0.25, 0.3) is 0 Å². The van der Waals surface area contributed by atoms with Gasteiger partial charge in [0, 0.05) is 24.7 Å². The highest BCUT2D eigenvalue weighted by molar-refractivity contribution is 5.95. The molecule has 0 aliphatic carbocycles. The van der Waals surface area contributed by atoms with Gasteiger partial charge in [0.1, 0.15) is 0 Å². The maximum Gasteiger partial charge on any atom is 0.340 e. The Kier molecular flexibility index (Phi) is 21.2. The van der Waals surface area contributed by atoms with Crippen molar-refractivity contribution in [2.75, 3.05) is 38.4 Å². The number of hydrogen-bond acceptors (Lipinski definition) is 10. The van der Waals surface area contributed by atoms with Crippen LogP contribution in [0, 0.1) is 0 Å². The van der Waals surface area contributed by atoms with E-state index in [9.17, 15) is 19.2 Å². The van der Waals surface area contributed by atoms with Crippen LogP contribution in [0.2, 0.25) is 0 Å². The molecule has 0 unspecified atom stereocenters. The summed E-state index contributed by atoms with van der Waals surface area (Å²) >= 11 is 0. The minimum Gasteiger partial charge on any atom is -0.466 e. The molecule has 0 saturated carbocycles. The van der Waals surface area contributed by atoms with E-state index in [2.05, 4.69) is 14.2 Å². The van der Waals surface area contributed by atoms with Crippen molar-refractivity contribution in [2.24, 2.45) is 0 Å². The van der Waals surface area contributed by atoms with Crippen LogP contribution in [0.1, 0.15) is 68.2 Å². The largest absolute Gasteiger partial charge is 0.466 e. The van der Waals surface area contributed by atoms with Crippen LogP contribution >= 0.6 is 0 Å². The molecule has 0 aliphatic rings. The molecule has 10 nitrogen and oxygen atoms in total. The van der Waals surface area contributed by atoms with Crippen molar-refractivity contribution >= 4 is 35.3 Å². The van der Waals surface area contributed by atoms with Crippen molar-refractivity contribution in [1.29, 1.82) is 0 Å². The molecule has 0 heterocycles. The molecule has 2 aromatic rings. The third-order valence-corrected chi connectivity index (χ3v) is 3.93. The average molecular weight is 521 g/mol. The molecule has 4 N–H and O–H groups in total. The number of nitrogens with two attached hydrogens (primary N) is 2. The number of benzene rings is 2. The van der Waals surface area contributed by atoms with Crippen LogP contribution in [0.4, 0.5) is 11.4 Å². The second-order valence-electron chi connectivity index (χ2n) is 6.87. The quantitative estimate of drug-likeness (QED) is 0.304. The van der Waals surface area contributed by atoms with Crippen molar-refractivity contribution in [3.8, 4) is 0 Å². The highest BCUT2D eigenvalue weighted by Gasteiger charge is 2.08. The summed E-state index contributed by atoms with van der Waals surface area (Å²) in [6.07, 6.45) is 1.42. The van der Waals surface area contributed by atoms with Crippen LogP contribution in [0.15, 0.2) is 48.5 Å². The van der Waals surface area contributed by atoms with Crippen molar-refractivity contribution in [2.45, 2.75) is 47.5 Å². The van der Waals surface area contributed by atoms with Crippen LogP contribution in [0.5, 0.6) is 0 Å². The molecule has 0 aliphatic heterocycles. The number of rotatable bonds is 7. The number of ether oxygens (including phenoxy) is 4. The fourth-order valence-electron chi connectivity index (χ4n) is 2.33. The van der Waals surface area contributed by atoms with Gasteiger partial charge in [-0.05, 0) is 51.5 Å². The lowest BCUT2D eigenvalue weighted by Crippen LogP contribution is -2.07. The number of anilines is 2. The zero-order valence-electron chi connectivity index (χ0n) is 22.6. The van der Waals surface area contributed by atoms with E-state index in [4.69, 9.17) is 16.2 Å². The summed E-state index contributed by atoms with van der Waals surface area (Å²) in [5.41, 5.74) is 12.8. The molecule has 0 spiro atoms. The first-order chi connectivity index (χ1) is 17.6. The van der Waals surface area contributed by atoms with Gasteiger partial charge < -0.3 is 30.4 Å². The molecule has 0 aromatic heterocycles. The molecule has 206 valence electrons. The monoisotopic (exact) mass is 520 g/mol. The number of carbonyl (C=O) groups is 4. The summed E-state index contributed by atoms with van der Waals surface area (Å²) in [7, 11) is 1.33. The number of carbonyl (C=O) groups excluding carboxylic acids is 4. The Labute approximate surface area is 219 Å². The third kappa shape index (κ3) is 17.9. The van der Waals surface area contributed by atoms with Gasteiger partial charge in [-0.25, -0.2) is 9.59 Å². The summed E-state index contributed by atoms with van der Waals surface area (Å²) in [4.78, 5) is 42.3. The molecular formula is C27H40N2O8. The topological polar surface area (TPSA) is 157 Å². The Morgan fingerprint density at radius 2 is 1.11 bits per heavy atom. The van der Waals surface area contributed by atoms with Gasteiger partial charge in [0.25, 0.3) is 0 Å². The van der Waals surface area contributed by atoms with Gasteiger partial charge in [-0.2, -0.15) is 0 Å². The van der Waals surface area contributed by atoms with E-state index in [-0.39, 0.29) is 17.9 Å². The fraction of sp³-hybridized carbons (Fsp3) is 0.407. The van der Waals surface area contributed by atoms with E-state index < -0.39 is 5.97 Å². The van der Waals surface area contributed by atoms with E-state index >= 15 is 0 Å². The van der Waals surface area contributed by atoms with Crippen LogP contribution < -0.4 is 11.5 Å². The van der Waals surface area contributed by atoms with E-state index in [1.165, 1.54) is 14.0 Å². The lowest BCUT2D eigenvalue weighted by Gasteiger charge is -2.03. The SMILES string of the molecule is CCCC(=O)OCC.CCOC(=O)c1ccccc1N.CCOC(C)=O.COC(=O)c1ccccc1N. The highest BCUT2D eigenvalue weighted by Crippen LogP contribution is 2.11. The summed E-state index contributed by atoms with van der Waals surface area (Å²) in [6, 6.07) is 13.6. The molecular weight excluding hydrogens is 480 g/mol. The van der Waals surface area contributed by atoms with E-state index in [0.717, 1.165) is 6.42 Å². The Bertz CT molecular complexity index is 940. The normalized spacial score (nSPS) is 8.92. The Balaban J connectivity index is 0. The molecule has 2 aromatic carbocycles. The molecule has 0 amide bonds. The average Bonchev–Trinajstić information content (AvgIpc) is 2.86. The van der Waals surface area contributed by atoms with Gasteiger partial charge in [0.05, 0.1) is 38.1 Å². The Morgan fingerprint density at radius 1 is 0.676 bits per heavy atom. The maximum atomic E-state index is 11.2. The van der Waals surface area contributed by atoms with E-state index in [0.29, 0.717) is 48.7 Å². The van der Waals surface area contributed by atoms with Crippen molar-refractivity contribution in [1.82, 2.24) is 0 Å². The van der Waals surface area contributed by atoms with Crippen LogP contribution in [-0.2, 0) is 28.5 Å². The lowest BCUT2D eigenvalue weighted by molar-refractivity contribution is -0.143. The molecule has 0 fully saturated rings. The third-order valence-electron chi connectivity index (χ3n) is 3.93. The predicted molar refractivity (Wildman–Crippen MR) is 143 cm³/mol. The second kappa shape index (κ2) is 22.4. The summed E-state index contributed by atoms with van der Waals surface area (Å²) in [5.74, 6) is -1.06. The van der Waals surface area contributed by atoms with Gasteiger partial charge >= 0.3 is 23.9 Å². The molecule has 0 bridgehead atoms. The fourth-order valence-corrected chi connectivity index (χ4v) is 2.33. The Hall–Kier alpha value is -4.08. The zero-order valence-corrected chi connectivity index (χ0v) is 22.6. The predicted octanol–water partition coefficient (Wildman–Crippen LogP) is 4.42. The smallest absolute Gasteiger partial charge is 0.340 e. The number of para-hydroxylation sites is 2. The molecule has 2 rings (SSSR count). The molecule has 0 saturated heterocycles. The van der Waals surface area contributed by atoms with Crippen LogP contribution in [0.3, 0.4) is 0 Å². The second-order valence-corrected chi connectivity index (χ2v) is 6.87. The summed E-state index contributed by atoms with van der Waals surface area (Å²) < 4.78 is 18.3. The molecule has 0 atom stereocenters. The van der Waals surface area contributed by atoms with Gasteiger partial charge in [-0.1, -0.05) is 31.2 Å². The van der Waals surface area contributed by atoms with E-state index in [1.807, 2.05) is 13.8 Å². The van der Waals surface area contributed by atoms with Gasteiger partial charge in [0.15, 0.2) is 0 Å². The highest BCUT2D eigenvalue weighted by atomic mass is 16.5. The minimum absolute atomic E-state index is 0.0880. The molecule has 0 radical (unpaired) electrons. The number of esters is 4. The van der Waals surface area contributed by atoms with E-state index in [1.54, 1.807) is 62.4 Å². The first-order valence-corrected chi connectivity index (χ1v) is 11.8. The number of hydrogen-bond donors (Lipinski definition) is 2. The first kappa shape index (κ1) is 35.1. The molecule has 10 heteroatoms. The van der Waals surface area contributed by atoms with Crippen LogP contribution in [-0.4, -0.2) is 50.8 Å². The van der Waals surface area contributed by atoms with Gasteiger partial charge in [0.2, 0.25) is 0 Å².